The minimum Gasteiger partial charge on any atom is -0.485 e. The van der Waals surface area contributed by atoms with Gasteiger partial charge in [-0.1, -0.05) is 107 Å². The summed E-state index contributed by atoms with van der Waals surface area (Å²) in [4.78, 5) is 59.6. The van der Waals surface area contributed by atoms with Gasteiger partial charge < -0.3 is 66.3 Å². The summed E-state index contributed by atoms with van der Waals surface area (Å²) in [6, 6.07) is 0. The van der Waals surface area contributed by atoms with Gasteiger partial charge in [-0.15, -0.1) is 34.0 Å². The third kappa shape index (κ3) is 15.7. The monoisotopic (exact) mass is 1350 g/mol. The fourth-order valence-corrected chi connectivity index (χ4v) is 18.5. The Morgan fingerprint density at radius 2 is 0.714 bits per heavy atom. The molecule has 7 aliphatic heterocycles. The molecular formula is C68H90O18S5+2. The molecule has 6 unspecified atom stereocenters. The van der Waals surface area contributed by atoms with Gasteiger partial charge in [0, 0.05) is 36.4 Å². The molecule has 6 atom stereocenters. The summed E-state index contributed by atoms with van der Waals surface area (Å²) >= 11 is 7.45. The van der Waals surface area contributed by atoms with E-state index in [0.717, 1.165) is 113 Å². The van der Waals surface area contributed by atoms with E-state index in [4.69, 9.17) is 66.3 Å². The standard InChI is InChI=1S/C68H90O18S5/c1-9-17-21-39(13-5)65(69)83-37-43(85-67(71)41(15-7)23-19-11-3)35-45-47-49(75-27-25-73-47)57(87-45)59-51-53(79-31-29-77-51)61(89-59)63-55-56(82-34-33-81-55)64(91-63)62-54-52(78-30-32-80-54)60(90-62)58-50-48(74-26-28-76-50)46(88-58)36-44(86-68(72)42(16-8)24-20-12-4)38-84-66(70)40(14-6)22-18-10-2/h39-44H,9-38H2,1-8H3/q+2/b63-61+,64-62+. The third-order valence-electron chi connectivity index (χ3n) is 17.1. The Morgan fingerprint density at radius 1 is 0.396 bits per heavy atom. The Hall–Kier alpha value is -5.36. The number of esters is 4. The summed E-state index contributed by atoms with van der Waals surface area (Å²) in [5.74, 6) is 3.45. The molecule has 10 heterocycles. The average molecular weight is 1360 g/mol. The number of fused-ring (bicyclic) bond motifs is 3. The summed E-state index contributed by atoms with van der Waals surface area (Å²) in [6.07, 6.45) is 11.9. The normalized spacial score (nSPS) is 19.6. The fraction of sp³-hybridized carbons (Fsp3) is 0.647. The predicted molar refractivity (Wildman–Crippen MR) is 352 cm³/mol. The van der Waals surface area contributed by atoms with Gasteiger partial charge in [-0.25, -0.2) is 0 Å². The Balaban J connectivity index is 0.989. The Bertz CT molecular complexity index is 3010. The number of rotatable bonds is 32. The van der Waals surface area contributed by atoms with Crippen molar-refractivity contribution in [2.45, 2.75) is 183 Å². The topological polar surface area (TPSA) is 197 Å². The molecule has 10 rings (SSSR count). The van der Waals surface area contributed by atoms with Crippen molar-refractivity contribution in [3.63, 3.8) is 0 Å². The predicted octanol–water partition coefficient (Wildman–Crippen LogP) is 13.4. The maximum atomic E-state index is 13.9. The lowest BCUT2D eigenvalue weighted by Crippen LogP contribution is -2.31. The van der Waals surface area contributed by atoms with Crippen LogP contribution < -0.4 is 37.5 Å². The Labute approximate surface area is 556 Å². The number of carbonyl (C=O) groups is 4. The number of carbonyl (C=O) groups excluding carboxylic acids is 4. The van der Waals surface area contributed by atoms with Gasteiger partial charge >= 0.3 is 23.9 Å². The van der Waals surface area contributed by atoms with Crippen molar-refractivity contribution in [1.82, 2.24) is 0 Å². The summed E-state index contributed by atoms with van der Waals surface area (Å²) in [5, 5.41) is 1.55. The van der Waals surface area contributed by atoms with Crippen LogP contribution in [0.25, 0.3) is 9.81 Å². The number of thioether (sulfide) groups is 2. The van der Waals surface area contributed by atoms with E-state index in [-0.39, 0.29) is 73.6 Å². The average Bonchev–Trinajstić information content (AvgIpc) is 1.59. The molecule has 7 aliphatic rings. The fourth-order valence-electron chi connectivity index (χ4n) is 11.9. The molecule has 3 aromatic heterocycles. The van der Waals surface area contributed by atoms with Gasteiger partial charge in [-0.05, 0) is 51.4 Å². The van der Waals surface area contributed by atoms with Crippen LogP contribution in [0.4, 0.5) is 0 Å². The van der Waals surface area contributed by atoms with E-state index in [1.807, 2.05) is 27.7 Å². The van der Waals surface area contributed by atoms with Crippen molar-refractivity contribution in [2.75, 3.05) is 79.3 Å². The summed E-state index contributed by atoms with van der Waals surface area (Å²) in [6.45, 7) is 19.4. The van der Waals surface area contributed by atoms with Crippen LogP contribution in [0.15, 0.2) is 23.0 Å². The van der Waals surface area contributed by atoms with Crippen LogP contribution in [0.1, 0.15) is 178 Å². The largest absolute Gasteiger partial charge is 0.485 e. The van der Waals surface area contributed by atoms with Crippen LogP contribution in [0.2, 0.25) is 0 Å². The first kappa shape index (κ1) is 68.5. The second-order valence-corrected chi connectivity index (χ2v) is 28.8. The molecule has 0 amide bonds. The van der Waals surface area contributed by atoms with Gasteiger partial charge in [-0.3, -0.25) is 19.2 Å². The molecule has 0 saturated carbocycles. The molecule has 0 aliphatic carbocycles. The molecule has 0 spiro atoms. The molecule has 23 heteroatoms. The van der Waals surface area contributed by atoms with Crippen molar-refractivity contribution in [3.05, 3.63) is 62.1 Å². The highest BCUT2D eigenvalue weighted by Crippen LogP contribution is 2.62. The summed E-state index contributed by atoms with van der Waals surface area (Å²) in [5.41, 5.74) is 0. The van der Waals surface area contributed by atoms with Crippen LogP contribution in [0, 0.1) is 34.2 Å². The number of hydrogen-bond acceptors (Lipinski definition) is 23. The van der Waals surface area contributed by atoms with Crippen molar-refractivity contribution >= 4 is 91.2 Å². The van der Waals surface area contributed by atoms with Gasteiger partial charge in [0.15, 0.2) is 22.0 Å². The van der Waals surface area contributed by atoms with E-state index < -0.39 is 12.2 Å². The quantitative estimate of drug-likeness (QED) is 0.0324. The first-order valence-electron chi connectivity index (χ1n) is 33.3. The van der Waals surface area contributed by atoms with E-state index in [0.29, 0.717) is 162 Å². The van der Waals surface area contributed by atoms with Crippen molar-refractivity contribution < 1.29 is 85.5 Å². The lowest BCUT2D eigenvalue weighted by molar-refractivity contribution is -0.164. The molecule has 0 bridgehead atoms. The number of thiophene rings is 3. The van der Waals surface area contributed by atoms with E-state index in [9.17, 15) is 19.2 Å². The van der Waals surface area contributed by atoms with Crippen LogP contribution in [0.5, 0.6) is 34.5 Å². The molecule has 0 N–H and O–H groups in total. The number of unbranched alkanes of at least 4 members (excludes halogenated alkanes) is 4. The third-order valence-corrected chi connectivity index (χ3v) is 23.6. The first-order valence-corrected chi connectivity index (χ1v) is 37.4. The second kappa shape index (κ2) is 33.2. The molecule has 0 radical (unpaired) electrons. The molecular weight excluding hydrogens is 1270 g/mol. The van der Waals surface area contributed by atoms with Crippen molar-refractivity contribution in [3.8, 4) is 34.5 Å². The maximum Gasteiger partial charge on any atom is 0.309 e. The van der Waals surface area contributed by atoms with Crippen molar-refractivity contribution in [1.29, 1.82) is 0 Å². The molecule has 91 heavy (non-hydrogen) atoms. The molecule has 0 aromatic carbocycles. The summed E-state index contributed by atoms with van der Waals surface area (Å²) in [7, 11) is 0. The molecule has 18 nitrogen and oxygen atoms in total. The van der Waals surface area contributed by atoms with Gasteiger partial charge in [0.1, 0.15) is 110 Å². The van der Waals surface area contributed by atoms with Crippen LogP contribution in [-0.4, -0.2) is 115 Å². The Kier molecular flexibility index (Phi) is 25.0. The van der Waals surface area contributed by atoms with Crippen LogP contribution in [0.3, 0.4) is 0 Å². The van der Waals surface area contributed by atoms with Gasteiger partial charge in [0.05, 0.1) is 33.4 Å². The minimum atomic E-state index is -0.780. The molecule has 498 valence electrons. The highest BCUT2D eigenvalue weighted by Gasteiger charge is 2.54. The van der Waals surface area contributed by atoms with Crippen LogP contribution in [-0.2, 0) is 69.9 Å². The summed E-state index contributed by atoms with van der Waals surface area (Å²) < 4.78 is 91.7. The minimum absolute atomic E-state index is 0.0921. The van der Waals surface area contributed by atoms with Gasteiger partial charge in [0.25, 0.3) is 34.5 Å². The zero-order valence-corrected chi connectivity index (χ0v) is 58.1. The van der Waals surface area contributed by atoms with Gasteiger partial charge in [-0.2, -0.15) is 0 Å². The molecule has 0 fully saturated rings. The highest BCUT2D eigenvalue weighted by molar-refractivity contribution is 8.12. The lowest BCUT2D eigenvalue weighted by atomic mass is 9.99. The van der Waals surface area contributed by atoms with Crippen molar-refractivity contribution in [2.24, 2.45) is 23.7 Å². The molecule has 3 aromatic rings. The van der Waals surface area contributed by atoms with Crippen LogP contribution >= 0.6 is 57.5 Å². The molecule has 0 saturated heterocycles. The van der Waals surface area contributed by atoms with E-state index >= 15 is 0 Å². The van der Waals surface area contributed by atoms with E-state index in [2.05, 4.69) is 27.7 Å². The zero-order valence-electron chi connectivity index (χ0n) is 54.1. The SMILES string of the molecule is CCCCC(CC)C(=O)OCC(Cc1sc([C+]2S/C(=c3/s/c(=C4/S[C+](c5sc(CC(COC(=O)C(CC)CCCC)OC(=O)C(CC)CCCC)c6c5OCCO6)C5=C4OCCO5)c4c3OCCO4)C3=C2OCCO3)c2c1OCCO2)OC(=O)C(CC)CCCC. The van der Waals surface area contributed by atoms with E-state index in [1.54, 1.807) is 0 Å². The first-order chi connectivity index (χ1) is 44.5. The Morgan fingerprint density at radius 3 is 1.07 bits per heavy atom. The van der Waals surface area contributed by atoms with E-state index in [1.165, 1.54) is 57.5 Å². The smallest absolute Gasteiger partial charge is 0.309 e. The number of hydrogen-bond donors (Lipinski definition) is 0. The van der Waals surface area contributed by atoms with Gasteiger partial charge in [0.2, 0.25) is 21.3 Å². The second-order valence-electron chi connectivity index (χ2n) is 23.5. The lowest BCUT2D eigenvalue weighted by Gasteiger charge is -2.22. The highest BCUT2D eigenvalue weighted by atomic mass is 32.2. The number of ether oxygens (including phenoxy) is 14. The maximum absolute atomic E-state index is 13.9. The zero-order chi connectivity index (χ0) is 64.0.